The summed E-state index contributed by atoms with van der Waals surface area (Å²) in [6.07, 6.45) is 2.36. The normalized spacial score (nSPS) is 10.4. The van der Waals surface area contributed by atoms with Crippen LogP contribution in [0.1, 0.15) is 18.6 Å². The Balaban J connectivity index is 2.14. The summed E-state index contributed by atoms with van der Waals surface area (Å²) in [4.78, 5) is 18.2. The number of anilines is 2. The van der Waals surface area contributed by atoms with Crippen LogP contribution in [0, 0.1) is 10.1 Å². The number of nitro groups is 1. The molecule has 2 heterocycles. The summed E-state index contributed by atoms with van der Waals surface area (Å²) in [6, 6.07) is 2.68. The third-order valence-electron chi connectivity index (χ3n) is 2.45. The lowest BCUT2D eigenvalue weighted by Gasteiger charge is -2.04. The van der Waals surface area contributed by atoms with E-state index in [1.54, 1.807) is 6.20 Å². The lowest BCUT2D eigenvalue weighted by molar-refractivity contribution is -0.384. The van der Waals surface area contributed by atoms with Gasteiger partial charge in [0.05, 0.1) is 17.7 Å². The molecule has 0 aliphatic heterocycles. The zero-order chi connectivity index (χ0) is 13.8. The molecule has 2 rings (SSSR count). The number of nitrogens with zero attached hydrogens (tertiary/aromatic N) is 3. The van der Waals surface area contributed by atoms with Crippen LogP contribution in [-0.4, -0.2) is 14.9 Å². The fourth-order valence-electron chi connectivity index (χ4n) is 1.50. The van der Waals surface area contributed by atoms with E-state index in [1.807, 2.05) is 6.92 Å². The average Bonchev–Trinajstić information content (AvgIpc) is 2.84. The summed E-state index contributed by atoms with van der Waals surface area (Å²) in [5, 5.41) is 13.6. The van der Waals surface area contributed by atoms with E-state index in [0.29, 0.717) is 5.89 Å². The molecule has 19 heavy (non-hydrogen) atoms. The lowest BCUT2D eigenvalue weighted by atomic mass is 10.3. The molecule has 2 aromatic heterocycles. The van der Waals surface area contributed by atoms with Gasteiger partial charge in [0.25, 0.3) is 0 Å². The van der Waals surface area contributed by atoms with Gasteiger partial charge in [-0.1, -0.05) is 6.92 Å². The van der Waals surface area contributed by atoms with Crippen LogP contribution in [0.15, 0.2) is 22.7 Å². The predicted molar refractivity (Wildman–Crippen MR) is 68.5 cm³/mol. The Labute approximate surface area is 108 Å². The maximum Gasteiger partial charge on any atom is 0.311 e. The summed E-state index contributed by atoms with van der Waals surface area (Å²) >= 11 is 0. The lowest BCUT2D eigenvalue weighted by Crippen LogP contribution is -2.06. The summed E-state index contributed by atoms with van der Waals surface area (Å²) < 4.78 is 5.38. The standard InChI is InChI=1S/C11H13N5O3/c1-2-7-5-13-10(19-7)6-14-11-8(16(17)18)3-4-9(12)15-11/h3-5H,2,6H2,1H3,(H3,12,14,15). The number of nitrogens with two attached hydrogens (primary N) is 1. The summed E-state index contributed by atoms with van der Waals surface area (Å²) in [7, 11) is 0. The van der Waals surface area contributed by atoms with Gasteiger partial charge in [0.15, 0.2) is 0 Å². The van der Waals surface area contributed by atoms with Crippen LogP contribution >= 0.6 is 0 Å². The van der Waals surface area contributed by atoms with Crippen LogP contribution in [0.25, 0.3) is 0 Å². The molecular weight excluding hydrogens is 250 g/mol. The fraction of sp³-hybridized carbons (Fsp3) is 0.273. The van der Waals surface area contributed by atoms with Crippen molar-refractivity contribution in [1.82, 2.24) is 9.97 Å². The van der Waals surface area contributed by atoms with E-state index in [-0.39, 0.29) is 23.9 Å². The van der Waals surface area contributed by atoms with Crippen LogP contribution in [0.3, 0.4) is 0 Å². The van der Waals surface area contributed by atoms with Crippen LogP contribution in [0.2, 0.25) is 0 Å². The molecule has 0 aromatic carbocycles. The van der Waals surface area contributed by atoms with Gasteiger partial charge in [-0.3, -0.25) is 10.1 Å². The molecule has 0 spiro atoms. The third-order valence-corrected chi connectivity index (χ3v) is 2.45. The Morgan fingerprint density at radius 1 is 1.53 bits per heavy atom. The molecule has 0 aliphatic rings. The Bertz CT molecular complexity index is 596. The second-order valence-corrected chi connectivity index (χ2v) is 3.79. The number of oxazole rings is 1. The third kappa shape index (κ3) is 2.97. The molecular formula is C11H13N5O3. The summed E-state index contributed by atoms with van der Waals surface area (Å²) in [5.74, 6) is 1.50. The first-order chi connectivity index (χ1) is 9.10. The number of rotatable bonds is 5. The molecule has 0 saturated carbocycles. The molecule has 0 radical (unpaired) electrons. The quantitative estimate of drug-likeness (QED) is 0.622. The van der Waals surface area contributed by atoms with Gasteiger partial charge in [0.2, 0.25) is 11.7 Å². The highest BCUT2D eigenvalue weighted by molar-refractivity contribution is 5.59. The van der Waals surface area contributed by atoms with E-state index in [0.717, 1.165) is 12.2 Å². The van der Waals surface area contributed by atoms with Gasteiger partial charge < -0.3 is 15.5 Å². The van der Waals surface area contributed by atoms with Crippen molar-refractivity contribution in [2.45, 2.75) is 19.9 Å². The molecule has 0 atom stereocenters. The maximum absolute atomic E-state index is 10.8. The smallest absolute Gasteiger partial charge is 0.311 e. The summed E-state index contributed by atoms with van der Waals surface area (Å²) in [5.41, 5.74) is 5.37. The first-order valence-corrected chi connectivity index (χ1v) is 5.68. The second kappa shape index (κ2) is 5.34. The SMILES string of the molecule is CCc1cnc(CNc2nc(N)ccc2[N+](=O)[O-])o1. The van der Waals surface area contributed by atoms with E-state index in [2.05, 4.69) is 15.3 Å². The zero-order valence-electron chi connectivity index (χ0n) is 10.3. The molecule has 8 heteroatoms. The van der Waals surface area contributed by atoms with Gasteiger partial charge in [-0.05, 0) is 6.07 Å². The molecule has 0 saturated heterocycles. The largest absolute Gasteiger partial charge is 0.444 e. The van der Waals surface area contributed by atoms with Crippen molar-refractivity contribution in [2.24, 2.45) is 0 Å². The van der Waals surface area contributed by atoms with E-state index in [1.165, 1.54) is 12.1 Å². The van der Waals surface area contributed by atoms with Crippen molar-refractivity contribution < 1.29 is 9.34 Å². The Morgan fingerprint density at radius 2 is 2.32 bits per heavy atom. The van der Waals surface area contributed by atoms with Gasteiger partial charge >= 0.3 is 5.69 Å². The minimum Gasteiger partial charge on any atom is -0.444 e. The molecule has 3 N–H and O–H groups in total. The number of aryl methyl sites for hydroxylation is 1. The van der Waals surface area contributed by atoms with Crippen LogP contribution in [0.4, 0.5) is 17.3 Å². The zero-order valence-corrected chi connectivity index (χ0v) is 10.3. The minimum absolute atomic E-state index is 0.0984. The van der Waals surface area contributed by atoms with Crippen molar-refractivity contribution in [1.29, 1.82) is 0 Å². The predicted octanol–water partition coefficient (Wildman–Crippen LogP) is 1.73. The highest BCUT2D eigenvalue weighted by Gasteiger charge is 2.15. The van der Waals surface area contributed by atoms with Gasteiger partial charge in [0.1, 0.15) is 11.6 Å². The first kappa shape index (κ1) is 12.8. The topological polar surface area (TPSA) is 120 Å². The van der Waals surface area contributed by atoms with Crippen LogP contribution in [0.5, 0.6) is 0 Å². The minimum atomic E-state index is -0.526. The number of hydrogen-bond acceptors (Lipinski definition) is 7. The number of nitrogens with one attached hydrogen (secondary N) is 1. The molecule has 0 unspecified atom stereocenters. The highest BCUT2D eigenvalue weighted by atomic mass is 16.6. The van der Waals surface area contributed by atoms with E-state index < -0.39 is 4.92 Å². The van der Waals surface area contributed by atoms with Crippen molar-refractivity contribution in [3.8, 4) is 0 Å². The first-order valence-electron chi connectivity index (χ1n) is 5.68. The van der Waals surface area contributed by atoms with Crippen LogP contribution < -0.4 is 11.1 Å². The number of hydrogen-bond donors (Lipinski definition) is 2. The van der Waals surface area contributed by atoms with Gasteiger partial charge in [0, 0.05) is 12.5 Å². The highest BCUT2D eigenvalue weighted by Crippen LogP contribution is 2.23. The Kier molecular flexibility index (Phi) is 3.60. The molecule has 0 bridgehead atoms. The average molecular weight is 263 g/mol. The Hall–Kier alpha value is -2.64. The van der Waals surface area contributed by atoms with Crippen LogP contribution in [-0.2, 0) is 13.0 Å². The maximum atomic E-state index is 10.8. The molecule has 0 amide bonds. The monoisotopic (exact) mass is 263 g/mol. The van der Waals surface area contributed by atoms with Crippen molar-refractivity contribution in [3.63, 3.8) is 0 Å². The van der Waals surface area contributed by atoms with Gasteiger partial charge in [-0.15, -0.1) is 0 Å². The van der Waals surface area contributed by atoms with Gasteiger partial charge in [-0.2, -0.15) is 0 Å². The summed E-state index contributed by atoms with van der Waals surface area (Å²) in [6.45, 7) is 2.15. The van der Waals surface area contributed by atoms with Crippen molar-refractivity contribution in [2.75, 3.05) is 11.1 Å². The van der Waals surface area contributed by atoms with Gasteiger partial charge in [-0.25, -0.2) is 9.97 Å². The number of nitrogen functional groups attached to an aromatic ring is 1. The molecule has 0 fully saturated rings. The van der Waals surface area contributed by atoms with E-state index in [9.17, 15) is 10.1 Å². The second-order valence-electron chi connectivity index (χ2n) is 3.79. The molecule has 2 aromatic rings. The fourth-order valence-corrected chi connectivity index (χ4v) is 1.50. The molecule has 100 valence electrons. The Morgan fingerprint density at radius 3 is 2.95 bits per heavy atom. The number of aromatic nitrogens is 2. The van der Waals surface area contributed by atoms with Crippen molar-refractivity contribution in [3.05, 3.63) is 40.1 Å². The molecule has 0 aliphatic carbocycles. The number of pyridine rings is 1. The van der Waals surface area contributed by atoms with E-state index in [4.69, 9.17) is 10.2 Å². The molecule has 8 nitrogen and oxygen atoms in total. The van der Waals surface area contributed by atoms with E-state index >= 15 is 0 Å². The van der Waals surface area contributed by atoms with Crippen molar-refractivity contribution >= 4 is 17.3 Å².